The molecule has 1 aromatic rings. The van der Waals surface area contributed by atoms with Crippen LogP contribution in [0.25, 0.3) is 0 Å². The van der Waals surface area contributed by atoms with E-state index in [1.54, 1.807) is 0 Å². The van der Waals surface area contributed by atoms with Gasteiger partial charge in [0, 0.05) is 32.7 Å². The van der Waals surface area contributed by atoms with Gasteiger partial charge in [-0.25, -0.2) is 0 Å². The lowest BCUT2D eigenvalue weighted by molar-refractivity contribution is 0.280. The number of hydrogen-bond donors (Lipinski definition) is 1. The Balaban J connectivity index is 1.77. The third-order valence-electron chi connectivity index (χ3n) is 5.55. The molecule has 0 bridgehead atoms. The molecule has 0 unspecified atom stereocenters. The molecule has 0 spiro atoms. The fourth-order valence-corrected chi connectivity index (χ4v) is 3.27. The van der Waals surface area contributed by atoms with Crippen molar-refractivity contribution >= 4 is 0 Å². The zero-order valence-electron chi connectivity index (χ0n) is 17.9. The van der Waals surface area contributed by atoms with Crippen LogP contribution in [-0.2, 0) is 6.42 Å². The van der Waals surface area contributed by atoms with Crippen molar-refractivity contribution in [1.82, 2.24) is 10.2 Å². The highest BCUT2D eigenvalue weighted by molar-refractivity contribution is 5.23. The first kappa shape index (κ1) is 21.7. The number of benzene rings is 1. The van der Waals surface area contributed by atoms with Gasteiger partial charge in [-0.15, -0.1) is 0 Å². The van der Waals surface area contributed by atoms with Gasteiger partial charge in [-0.3, -0.25) is 0 Å². The molecule has 2 nitrogen and oxygen atoms in total. The van der Waals surface area contributed by atoms with Gasteiger partial charge in [0.25, 0.3) is 0 Å². The molecule has 0 saturated heterocycles. The molecule has 148 valence electrons. The van der Waals surface area contributed by atoms with Crippen molar-refractivity contribution in [1.29, 1.82) is 0 Å². The zero-order valence-corrected chi connectivity index (χ0v) is 17.9. The number of nitrogens with one attached hydrogen (secondary N) is 1. The molecule has 1 N–H and O–H groups in total. The highest BCUT2D eigenvalue weighted by Crippen LogP contribution is 2.16. The maximum absolute atomic E-state index is 3.65. The van der Waals surface area contributed by atoms with Gasteiger partial charge in [0.05, 0.1) is 0 Å². The van der Waals surface area contributed by atoms with Crippen LogP contribution in [-0.4, -0.2) is 37.6 Å². The lowest BCUT2D eigenvalue weighted by Gasteiger charge is -2.23. The van der Waals surface area contributed by atoms with Crippen molar-refractivity contribution in [3.05, 3.63) is 70.3 Å². The molecule has 1 aliphatic carbocycles. The average Bonchev–Trinajstić information content (AvgIpc) is 2.69. The van der Waals surface area contributed by atoms with Crippen LogP contribution in [0.1, 0.15) is 51.2 Å². The topological polar surface area (TPSA) is 15.3 Å². The third kappa shape index (κ3) is 8.73. The minimum Gasteiger partial charge on any atom is -0.312 e. The van der Waals surface area contributed by atoms with Crippen LogP contribution in [0.5, 0.6) is 0 Å². The summed E-state index contributed by atoms with van der Waals surface area (Å²) in [6.07, 6.45) is 11.5. The first-order valence-corrected chi connectivity index (χ1v) is 10.5. The summed E-state index contributed by atoms with van der Waals surface area (Å²) < 4.78 is 0. The Kier molecular flexibility index (Phi) is 9.58. The first-order valence-electron chi connectivity index (χ1n) is 10.5. The molecular weight excluding hydrogens is 328 g/mol. The number of hydrogen-bond acceptors (Lipinski definition) is 2. The van der Waals surface area contributed by atoms with Crippen LogP contribution in [0, 0.1) is 6.92 Å². The summed E-state index contributed by atoms with van der Waals surface area (Å²) in [6.45, 7) is 14.2. The first-order chi connectivity index (χ1) is 13.1. The van der Waals surface area contributed by atoms with Crippen LogP contribution < -0.4 is 5.32 Å². The van der Waals surface area contributed by atoms with Crippen molar-refractivity contribution in [2.75, 3.05) is 32.7 Å². The van der Waals surface area contributed by atoms with Crippen LogP contribution in [0.4, 0.5) is 0 Å². The summed E-state index contributed by atoms with van der Waals surface area (Å²) in [7, 11) is 0. The van der Waals surface area contributed by atoms with E-state index in [4.69, 9.17) is 0 Å². The Morgan fingerprint density at radius 1 is 1.04 bits per heavy atom. The summed E-state index contributed by atoms with van der Waals surface area (Å²) in [5, 5.41) is 3.65. The van der Waals surface area contributed by atoms with Crippen molar-refractivity contribution in [3.8, 4) is 0 Å². The molecule has 0 amide bonds. The van der Waals surface area contributed by atoms with Crippen LogP contribution in [0.15, 0.2) is 59.2 Å². The summed E-state index contributed by atoms with van der Waals surface area (Å²) in [5.41, 5.74) is 7.30. The smallest absolute Gasteiger partial charge is 0.0168 e. The second-order valence-electron chi connectivity index (χ2n) is 7.98. The number of allylic oxidation sites excluding steroid dienone is 4. The molecule has 2 rings (SSSR count). The highest BCUT2D eigenvalue weighted by Gasteiger charge is 2.07. The van der Waals surface area contributed by atoms with Crippen molar-refractivity contribution in [2.24, 2.45) is 0 Å². The fraction of sp³-hybridized carbons (Fsp3) is 0.520. The Morgan fingerprint density at radius 3 is 2.48 bits per heavy atom. The largest absolute Gasteiger partial charge is 0.312 e. The Labute approximate surface area is 167 Å². The lowest BCUT2D eigenvalue weighted by Crippen LogP contribution is -2.35. The van der Waals surface area contributed by atoms with E-state index in [0.717, 1.165) is 39.1 Å². The van der Waals surface area contributed by atoms with E-state index in [9.17, 15) is 0 Å². The molecule has 0 heterocycles. The Bertz CT molecular complexity index is 649. The molecule has 0 atom stereocenters. The van der Waals surface area contributed by atoms with Crippen molar-refractivity contribution < 1.29 is 0 Å². The second kappa shape index (κ2) is 11.9. The van der Waals surface area contributed by atoms with Crippen LogP contribution in [0.2, 0.25) is 0 Å². The minimum atomic E-state index is 1.03. The van der Waals surface area contributed by atoms with Gasteiger partial charge in [-0.1, -0.05) is 64.8 Å². The quantitative estimate of drug-likeness (QED) is 0.414. The van der Waals surface area contributed by atoms with Gasteiger partial charge in [0.15, 0.2) is 0 Å². The van der Waals surface area contributed by atoms with Gasteiger partial charge >= 0.3 is 0 Å². The maximum Gasteiger partial charge on any atom is 0.0168 e. The number of aryl methyl sites for hydroxylation is 1. The average molecular weight is 367 g/mol. The van der Waals surface area contributed by atoms with Crippen LogP contribution >= 0.6 is 0 Å². The standard InChI is InChI=1S/C25H38N2/c1-5-21(2)14-17-27(18-15-24-10-6-22(3)7-11-24)19-16-26-20-25-12-8-23(4)9-13-25/h5-8,10-12,26H,9,13-20H2,1-4H3/b21-5+. The molecular formula is C25H38N2. The molecule has 0 saturated carbocycles. The van der Waals surface area contributed by atoms with E-state index in [2.05, 4.69) is 80.4 Å². The predicted molar refractivity (Wildman–Crippen MR) is 119 cm³/mol. The zero-order chi connectivity index (χ0) is 19.5. The predicted octanol–water partition coefficient (Wildman–Crippen LogP) is 5.45. The van der Waals surface area contributed by atoms with Crippen molar-refractivity contribution in [3.63, 3.8) is 0 Å². The SMILES string of the molecule is C/C=C(\C)CCN(CCNCC1=CC=C(C)CC1)CCc1ccc(C)cc1. The highest BCUT2D eigenvalue weighted by atomic mass is 15.1. The van der Waals surface area contributed by atoms with E-state index < -0.39 is 0 Å². The maximum atomic E-state index is 3.65. The Hall–Kier alpha value is -1.64. The summed E-state index contributed by atoms with van der Waals surface area (Å²) in [5.74, 6) is 0. The van der Waals surface area contributed by atoms with Gasteiger partial charge in [-0.2, -0.15) is 0 Å². The normalized spacial score (nSPS) is 15.1. The van der Waals surface area contributed by atoms with Crippen LogP contribution in [0.3, 0.4) is 0 Å². The molecule has 0 radical (unpaired) electrons. The lowest BCUT2D eigenvalue weighted by atomic mass is 10.00. The second-order valence-corrected chi connectivity index (χ2v) is 7.98. The molecule has 0 fully saturated rings. The third-order valence-corrected chi connectivity index (χ3v) is 5.55. The molecule has 1 aromatic carbocycles. The van der Waals surface area contributed by atoms with Crippen molar-refractivity contribution in [2.45, 2.75) is 53.4 Å². The number of rotatable bonds is 11. The number of nitrogens with zero attached hydrogens (tertiary/aromatic N) is 1. The monoisotopic (exact) mass is 366 g/mol. The van der Waals surface area contributed by atoms with E-state index in [1.165, 1.54) is 47.1 Å². The molecule has 2 heteroatoms. The molecule has 1 aliphatic rings. The van der Waals surface area contributed by atoms with E-state index in [-0.39, 0.29) is 0 Å². The van der Waals surface area contributed by atoms with Gasteiger partial charge in [-0.05, 0) is 58.9 Å². The van der Waals surface area contributed by atoms with Gasteiger partial charge in [0.2, 0.25) is 0 Å². The van der Waals surface area contributed by atoms with Gasteiger partial charge in [0.1, 0.15) is 0 Å². The Morgan fingerprint density at radius 2 is 1.81 bits per heavy atom. The van der Waals surface area contributed by atoms with E-state index in [1.807, 2.05) is 0 Å². The molecule has 0 aliphatic heterocycles. The summed E-state index contributed by atoms with van der Waals surface area (Å²) >= 11 is 0. The van der Waals surface area contributed by atoms with E-state index in [0.29, 0.717) is 0 Å². The molecule has 27 heavy (non-hydrogen) atoms. The minimum absolute atomic E-state index is 1.03. The fourth-order valence-electron chi connectivity index (χ4n) is 3.27. The summed E-state index contributed by atoms with van der Waals surface area (Å²) in [4.78, 5) is 2.61. The van der Waals surface area contributed by atoms with E-state index >= 15 is 0 Å². The summed E-state index contributed by atoms with van der Waals surface area (Å²) in [6, 6.07) is 8.99. The molecule has 0 aromatic heterocycles. The van der Waals surface area contributed by atoms with Gasteiger partial charge < -0.3 is 10.2 Å².